The molecule has 1 aromatic carbocycles. The fourth-order valence-corrected chi connectivity index (χ4v) is 5.59. The number of hydrogen-bond acceptors (Lipinski definition) is 4. The minimum Gasteiger partial charge on any atom is -0.335 e. The lowest BCUT2D eigenvalue weighted by Crippen LogP contribution is -2.51. The zero-order chi connectivity index (χ0) is 19.0. The number of carbonyl (C=O) groups excluding carboxylic acids is 1. The summed E-state index contributed by atoms with van der Waals surface area (Å²) in [4.78, 5) is 23.3. The van der Waals surface area contributed by atoms with E-state index in [1.54, 1.807) is 11.3 Å². The molecule has 1 aromatic heterocycles. The molecule has 1 amide bonds. The number of amides is 1. The van der Waals surface area contributed by atoms with Gasteiger partial charge in [-0.1, -0.05) is 36.6 Å². The molecule has 2 heterocycles. The number of carbonyl (C=O) groups is 1. The van der Waals surface area contributed by atoms with E-state index in [4.69, 9.17) is 4.98 Å². The van der Waals surface area contributed by atoms with Crippen LogP contribution in [0.15, 0.2) is 18.2 Å². The van der Waals surface area contributed by atoms with Gasteiger partial charge in [-0.05, 0) is 39.2 Å². The molecule has 2 aliphatic rings. The standard InChI is InChI=1S/C22H29N3OS/c1-15-8-9-19(16(2)14-15)21-23-17(3)20(27-21)22(26)25-12-10-24(11-13-25)18-6-4-5-7-18/h8-9,14,18H,4-7,10-13H2,1-3H3. The second-order valence-corrected chi connectivity index (χ2v) is 9.02. The van der Waals surface area contributed by atoms with Gasteiger partial charge in [0, 0.05) is 37.8 Å². The molecule has 0 bridgehead atoms. The van der Waals surface area contributed by atoms with Gasteiger partial charge in [0.1, 0.15) is 9.88 Å². The van der Waals surface area contributed by atoms with E-state index < -0.39 is 0 Å². The van der Waals surface area contributed by atoms with Gasteiger partial charge in [0.2, 0.25) is 0 Å². The summed E-state index contributed by atoms with van der Waals surface area (Å²) in [5.41, 5.74) is 4.46. The Morgan fingerprint density at radius 3 is 2.44 bits per heavy atom. The van der Waals surface area contributed by atoms with Crippen LogP contribution in [0.2, 0.25) is 0 Å². The molecule has 1 saturated heterocycles. The van der Waals surface area contributed by atoms with Crippen LogP contribution in [0.1, 0.15) is 52.2 Å². The maximum absolute atomic E-state index is 13.1. The average Bonchev–Trinajstić information content (AvgIpc) is 3.31. The van der Waals surface area contributed by atoms with Crippen molar-refractivity contribution in [3.8, 4) is 10.6 Å². The smallest absolute Gasteiger partial charge is 0.265 e. The van der Waals surface area contributed by atoms with Crippen LogP contribution in [0.4, 0.5) is 0 Å². The molecule has 1 aliphatic carbocycles. The average molecular weight is 384 g/mol. The van der Waals surface area contributed by atoms with Crippen molar-refractivity contribution < 1.29 is 4.79 Å². The van der Waals surface area contributed by atoms with E-state index in [-0.39, 0.29) is 5.91 Å². The second-order valence-electron chi connectivity index (χ2n) is 8.02. The first-order valence-electron chi connectivity index (χ1n) is 10.1. The number of benzene rings is 1. The summed E-state index contributed by atoms with van der Waals surface area (Å²) < 4.78 is 0. The Bertz CT molecular complexity index is 830. The van der Waals surface area contributed by atoms with Crippen LogP contribution in [0, 0.1) is 20.8 Å². The van der Waals surface area contributed by atoms with Gasteiger partial charge in [-0.2, -0.15) is 0 Å². The number of piperazine rings is 1. The van der Waals surface area contributed by atoms with Gasteiger partial charge in [-0.3, -0.25) is 9.69 Å². The molecule has 1 aliphatic heterocycles. The molecule has 4 nitrogen and oxygen atoms in total. The summed E-state index contributed by atoms with van der Waals surface area (Å²) in [7, 11) is 0. The first-order chi connectivity index (χ1) is 13.0. The van der Waals surface area contributed by atoms with Crippen molar-refractivity contribution in [1.82, 2.24) is 14.8 Å². The molecule has 0 N–H and O–H groups in total. The highest BCUT2D eigenvalue weighted by atomic mass is 32.1. The lowest BCUT2D eigenvalue weighted by Gasteiger charge is -2.37. The summed E-state index contributed by atoms with van der Waals surface area (Å²) in [6, 6.07) is 7.17. The number of thiazole rings is 1. The van der Waals surface area contributed by atoms with Crippen molar-refractivity contribution in [2.45, 2.75) is 52.5 Å². The molecule has 27 heavy (non-hydrogen) atoms. The lowest BCUT2D eigenvalue weighted by molar-refractivity contribution is 0.0577. The van der Waals surface area contributed by atoms with E-state index in [0.717, 1.165) is 53.4 Å². The van der Waals surface area contributed by atoms with Gasteiger partial charge in [0.25, 0.3) is 5.91 Å². The van der Waals surface area contributed by atoms with Crippen molar-refractivity contribution in [3.05, 3.63) is 39.9 Å². The molecule has 144 valence electrons. The maximum Gasteiger partial charge on any atom is 0.265 e. The van der Waals surface area contributed by atoms with Gasteiger partial charge < -0.3 is 4.90 Å². The van der Waals surface area contributed by atoms with Crippen LogP contribution >= 0.6 is 11.3 Å². The topological polar surface area (TPSA) is 36.4 Å². The number of rotatable bonds is 3. The molecule has 0 atom stereocenters. The summed E-state index contributed by atoms with van der Waals surface area (Å²) in [6.07, 6.45) is 5.40. The lowest BCUT2D eigenvalue weighted by atomic mass is 10.1. The highest BCUT2D eigenvalue weighted by molar-refractivity contribution is 7.17. The quantitative estimate of drug-likeness (QED) is 0.786. The first kappa shape index (κ1) is 18.6. The van der Waals surface area contributed by atoms with Crippen LogP contribution in [0.25, 0.3) is 10.6 Å². The zero-order valence-electron chi connectivity index (χ0n) is 16.6. The fourth-order valence-electron chi connectivity index (χ4n) is 4.47. The molecule has 5 heteroatoms. The Kier molecular flexibility index (Phi) is 5.33. The number of aryl methyl sites for hydroxylation is 3. The predicted molar refractivity (Wildman–Crippen MR) is 111 cm³/mol. The van der Waals surface area contributed by atoms with E-state index in [1.807, 2.05) is 11.8 Å². The Morgan fingerprint density at radius 1 is 1.07 bits per heavy atom. The third-order valence-electron chi connectivity index (χ3n) is 6.05. The molecule has 0 unspecified atom stereocenters. The summed E-state index contributed by atoms with van der Waals surface area (Å²) in [5, 5.41) is 0.956. The van der Waals surface area contributed by atoms with Crippen LogP contribution in [0.3, 0.4) is 0 Å². The molecule has 0 spiro atoms. The van der Waals surface area contributed by atoms with E-state index in [0.29, 0.717) is 0 Å². The van der Waals surface area contributed by atoms with Gasteiger partial charge >= 0.3 is 0 Å². The van der Waals surface area contributed by atoms with Gasteiger partial charge in [0.15, 0.2) is 0 Å². The Morgan fingerprint density at radius 2 is 1.78 bits per heavy atom. The summed E-state index contributed by atoms with van der Waals surface area (Å²) >= 11 is 1.54. The second kappa shape index (κ2) is 7.72. The SMILES string of the molecule is Cc1ccc(-c2nc(C)c(C(=O)N3CCN(C4CCCC4)CC3)s2)c(C)c1. The van der Waals surface area contributed by atoms with E-state index in [2.05, 4.69) is 36.9 Å². The van der Waals surface area contributed by atoms with Gasteiger partial charge in [-0.15, -0.1) is 11.3 Å². The molecule has 4 rings (SSSR count). The van der Waals surface area contributed by atoms with Crippen molar-refractivity contribution in [3.63, 3.8) is 0 Å². The first-order valence-corrected chi connectivity index (χ1v) is 10.9. The molecule has 1 saturated carbocycles. The van der Waals surface area contributed by atoms with Crippen LogP contribution < -0.4 is 0 Å². The zero-order valence-corrected chi connectivity index (χ0v) is 17.4. The Labute approximate surface area is 166 Å². The molecule has 2 aromatic rings. The van der Waals surface area contributed by atoms with Crippen LogP contribution in [-0.4, -0.2) is 52.9 Å². The highest BCUT2D eigenvalue weighted by Crippen LogP contribution is 2.32. The summed E-state index contributed by atoms with van der Waals surface area (Å²) in [6.45, 7) is 9.88. The minimum atomic E-state index is 0.159. The molecule has 2 fully saturated rings. The van der Waals surface area contributed by atoms with E-state index in [1.165, 1.54) is 36.8 Å². The molecular formula is C22H29N3OS. The number of hydrogen-bond donors (Lipinski definition) is 0. The molecular weight excluding hydrogens is 354 g/mol. The van der Waals surface area contributed by atoms with Crippen molar-refractivity contribution in [1.29, 1.82) is 0 Å². The molecule has 0 radical (unpaired) electrons. The monoisotopic (exact) mass is 383 g/mol. The largest absolute Gasteiger partial charge is 0.335 e. The number of aromatic nitrogens is 1. The Balaban J connectivity index is 1.47. The van der Waals surface area contributed by atoms with Gasteiger partial charge in [-0.25, -0.2) is 4.98 Å². The Hall–Kier alpha value is -1.72. The highest BCUT2D eigenvalue weighted by Gasteiger charge is 2.29. The van der Waals surface area contributed by atoms with Gasteiger partial charge in [0.05, 0.1) is 5.69 Å². The van der Waals surface area contributed by atoms with E-state index >= 15 is 0 Å². The third kappa shape index (κ3) is 3.81. The third-order valence-corrected chi connectivity index (χ3v) is 7.22. The van der Waals surface area contributed by atoms with Crippen molar-refractivity contribution >= 4 is 17.2 Å². The fraction of sp³-hybridized carbons (Fsp3) is 0.545. The van der Waals surface area contributed by atoms with Crippen molar-refractivity contribution in [2.24, 2.45) is 0 Å². The predicted octanol–water partition coefficient (Wildman–Crippen LogP) is 4.44. The van der Waals surface area contributed by atoms with Crippen LogP contribution in [-0.2, 0) is 0 Å². The summed E-state index contributed by atoms with van der Waals surface area (Å²) in [5.74, 6) is 0.159. The van der Waals surface area contributed by atoms with E-state index in [9.17, 15) is 4.79 Å². The number of nitrogens with zero attached hydrogens (tertiary/aromatic N) is 3. The maximum atomic E-state index is 13.1. The van der Waals surface area contributed by atoms with Crippen LogP contribution in [0.5, 0.6) is 0 Å². The van der Waals surface area contributed by atoms with Crippen molar-refractivity contribution in [2.75, 3.05) is 26.2 Å². The minimum absolute atomic E-state index is 0.159. The normalized spacial score (nSPS) is 19.0.